The Morgan fingerprint density at radius 3 is 1.32 bits per heavy atom. The van der Waals surface area contributed by atoms with Crippen molar-refractivity contribution in [1.29, 1.82) is 0 Å². The van der Waals surface area contributed by atoms with E-state index in [4.69, 9.17) is 4.84 Å². The molecule has 0 rings (SSSR count). The molecular weight excluding hydrogens is 270 g/mol. The van der Waals surface area contributed by atoms with Gasteiger partial charge in [-0.25, -0.2) is 0 Å². The van der Waals surface area contributed by atoms with Crippen LogP contribution >= 0.6 is 0 Å². The zero-order chi connectivity index (χ0) is 16.1. The van der Waals surface area contributed by atoms with Crippen LogP contribution in [0.4, 0.5) is 0 Å². The van der Waals surface area contributed by atoms with Crippen molar-refractivity contribution in [3.63, 3.8) is 0 Å². The summed E-state index contributed by atoms with van der Waals surface area (Å²) in [6.07, 6.45) is 24.2. The lowest BCUT2D eigenvalue weighted by Crippen LogP contribution is -1.88. The van der Waals surface area contributed by atoms with Crippen LogP contribution in [-0.2, 0) is 4.84 Å². The lowest BCUT2D eigenvalue weighted by atomic mass is 10.0. The molecule has 0 aliphatic carbocycles. The molecule has 0 amide bonds. The molecule has 0 saturated heterocycles. The standard InChI is InChI=1S/C20H41NO/c1-3-5-6-7-8-9-10-11-12-13-14-15-16-17-18-19-20-22-21-4-2/h4H,3,5-20H2,1-2H3. The number of hydrogen-bond acceptors (Lipinski definition) is 2. The highest BCUT2D eigenvalue weighted by Crippen LogP contribution is 2.13. The first-order valence-corrected chi connectivity index (χ1v) is 10.0. The van der Waals surface area contributed by atoms with Crippen LogP contribution in [0.2, 0.25) is 0 Å². The molecule has 0 unspecified atom stereocenters. The van der Waals surface area contributed by atoms with E-state index in [1.807, 2.05) is 6.92 Å². The van der Waals surface area contributed by atoms with Gasteiger partial charge in [0.05, 0.1) is 0 Å². The molecule has 0 aromatic heterocycles. The fourth-order valence-corrected chi connectivity index (χ4v) is 2.84. The van der Waals surface area contributed by atoms with Crippen molar-refractivity contribution in [3.05, 3.63) is 0 Å². The second-order valence-electron chi connectivity index (χ2n) is 6.50. The Kier molecular flexibility index (Phi) is 20.0. The number of unbranched alkanes of at least 4 members (excludes halogenated alkanes) is 15. The quantitative estimate of drug-likeness (QED) is 0.148. The molecular formula is C20H41NO. The first-order valence-electron chi connectivity index (χ1n) is 10.0. The van der Waals surface area contributed by atoms with Gasteiger partial charge in [0.2, 0.25) is 0 Å². The topological polar surface area (TPSA) is 21.6 Å². The fourth-order valence-electron chi connectivity index (χ4n) is 2.84. The molecule has 0 fully saturated rings. The van der Waals surface area contributed by atoms with Crippen molar-refractivity contribution < 1.29 is 4.84 Å². The SMILES string of the molecule is CC=NOCCCCCCCCCCCCCCCCCC. The van der Waals surface area contributed by atoms with Crippen LogP contribution in [-0.4, -0.2) is 12.8 Å². The normalized spacial score (nSPS) is 11.4. The summed E-state index contributed by atoms with van der Waals surface area (Å²) >= 11 is 0. The van der Waals surface area contributed by atoms with Gasteiger partial charge in [-0.15, -0.1) is 0 Å². The molecule has 22 heavy (non-hydrogen) atoms. The second-order valence-corrected chi connectivity index (χ2v) is 6.50. The molecule has 0 bridgehead atoms. The third-order valence-electron chi connectivity index (χ3n) is 4.27. The van der Waals surface area contributed by atoms with Crippen LogP contribution in [0, 0.1) is 0 Å². The Morgan fingerprint density at radius 1 is 0.591 bits per heavy atom. The summed E-state index contributed by atoms with van der Waals surface area (Å²) in [6.45, 7) is 4.95. The maximum absolute atomic E-state index is 5.07. The maximum atomic E-state index is 5.07. The van der Waals surface area contributed by atoms with Crippen LogP contribution in [0.5, 0.6) is 0 Å². The summed E-state index contributed by atoms with van der Waals surface area (Å²) < 4.78 is 0. The van der Waals surface area contributed by atoms with Crippen LogP contribution in [0.3, 0.4) is 0 Å². The van der Waals surface area contributed by atoms with Crippen LogP contribution in [0.1, 0.15) is 117 Å². The first kappa shape index (κ1) is 21.5. The summed E-state index contributed by atoms with van der Waals surface area (Å²) in [7, 11) is 0. The summed E-state index contributed by atoms with van der Waals surface area (Å²) in [6, 6.07) is 0. The molecule has 132 valence electrons. The fraction of sp³-hybridized carbons (Fsp3) is 0.950. The van der Waals surface area contributed by atoms with Crippen molar-refractivity contribution in [2.45, 2.75) is 117 Å². The van der Waals surface area contributed by atoms with Gasteiger partial charge < -0.3 is 4.84 Å². The predicted molar refractivity (Wildman–Crippen MR) is 99.7 cm³/mol. The van der Waals surface area contributed by atoms with Gasteiger partial charge in [0.25, 0.3) is 0 Å². The van der Waals surface area contributed by atoms with Gasteiger partial charge >= 0.3 is 0 Å². The average molecular weight is 312 g/mol. The van der Waals surface area contributed by atoms with Crippen molar-refractivity contribution >= 4 is 6.21 Å². The van der Waals surface area contributed by atoms with E-state index in [1.165, 1.54) is 96.3 Å². The van der Waals surface area contributed by atoms with Crippen LogP contribution in [0.25, 0.3) is 0 Å². The Morgan fingerprint density at radius 2 is 0.955 bits per heavy atom. The first-order chi connectivity index (χ1) is 10.9. The van der Waals surface area contributed by atoms with E-state index in [0.717, 1.165) is 13.0 Å². The van der Waals surface area contributed by atoms with Gasteiger partial charge in [-0.2, -0.15) is 0 Å². The number of oxime groups is 1. The molecule has 0 aromatic rings. The third kappa shape index (κ3) is 19.5. The lowest BCUT2D eigenvalue weighted by molar-refractivity contribution is 0.141. The van der Waals surface area contributed by atoms with Gasteiger partial charge in [-0.1, -0.05) is 102 Å². The van der Waals surface area contributed by atoms with Gasteiger partial charge in [0.15, 0.2) is 0 Å². The summed E-state index contributed by atoms with van der Waals surface area (Å²) in [5.41, 5.74) is 0. The molecule has 0 aliphatic rings. The minimum Gasteiger partial charge on any atom is -0.396 e. The van der Waals surface area contributed by atoms with Gasteiger partial charge in [0.1, 0.15) is 6.61 Å². The van der Waals surface area contributed by atoms with E-state index in [-0.39, 0.29) is 0 Å². The average Bonchev–Trinajstić information content (AvgIpc) is 2.54. The number of rotatable bonds is 18. The van der Waals surface area contributed by atoms with E-state index >= 15 is 0 Å². The van der Waals surface area contributed by atoms with Gasteiger partial charge in [-0.05, 0) is 19.8 Å². The zero-order valence-corrected chi connectivity index (χ0v) is 15.5. The molecule has 2 heteroatoms. The molecule has 0 heterocycles. The van der Waals surface area contributed by atoms with E-state index in [1.54, 1.807) is 6.21 Å². The third-order valence-corrected chi connectivity index (χ3v) is 4.27. The van der Waals surface area contributed by atoms with E-state index < -0.39 is 0 Å². The smallest absolute Gasteiger partial charge is 0.117 e. The summed E-state index contributed by atoms with van der Waals surface area (Å²) in [5, 5.41) is 3.75. The largest absolute Gasteiger partial charge is 0.396 e. The minimum atomic E-state index is 0.781. The molecule has 2 nitrogen and oxygen atoms in total. The molecule has 0 radical (unpaired) electrons. The number of nitrogens with zero attached hydrogens (tertiary/aromatic N) is 1. The summed E-state index contributed by atoms with van der Waals surface area (Å²) in [4.78, 5) is 5.07. The highest BCUT2D eigenvalue weighted by Gasteiger charge is 1.94. The highest BCUT2D eigenvalue weighted by atomic mass is 16.6. The summed E-state index contributed by atoms with van der Waals surface area (Å²) in [5.74, 6) is 0. The van der Waals surface area contributed by atoms with Crippen LogP contribution in [0.15, 0.2) is 5.16 Å². The zero-order valence-electron chi connectivity index (χ0n) is 15.5. The highest BCUT2D eigenvalue weighted by molar-refractivity contribution is 5.52. The predicted octanol–water partition coefficient (Wildman–Crippen LogP) is 7.27. The van der Waals surface area contributed by atoms with Crippen molar-refractivity contribution in [2.75, 3.05) is 6.61 Å². The lowest BCUT2D eigenvalue weighted by Gasteiger charge is -2.03. The van der Waals surface area contributed by atoms with Crippen molar-refractivity contribution in [2.24, 2.45) is 5.16 Å². The Balaban J connectivity index is 2.94. The Hall–Kier alpha value is -0.530. The Labute approximate surface area is 140 Å². The molecule has 0 spiro atoms. The van der Waals surface area contributed by atoms with E-state index in [0.29, 0.717) is 0 Å². The van der Waals surface area contributed by atoms with Crippen molar-refractivity contribution in [1.82, 2.24) is 0 Å². The maximum Gasteiger partial charge on any atom is 0.117 e. The van der Waals surface area contributed by atoms with E-state index in [9.17, 15) is 0 Å². The molecule has 0 atom stereocenters. The number of hydrogen-bond donors (Lipinski definition) is 0. The molecule has 0 aliphatic heterocycles. The van der Waals surface area contributed by atoms with Gasteiger partial charge in [-0.3, -0.25) is 0 Å². The van der Waals surface area contributed by atoms with Gasteiger partial charge in [0, 0.05) is 6.21 Å². The van der Waals surface area contributed by atoms with Crippen molar-refractivity contribution in [3.8, 4) is 0 Å². The molecule has 0 saturated carbocycles. The minimum absolute atomic E-state index is 0.781. The second kappa shape index (κ2) is 20.5. The van der Waals surface area contributed by atoms with E-state index in [2.05, 4.69) is 12.1 Å². The Bertz CT molecular complexity index is 216. The molecule has 0 aromatic carbocycles. The molecule has 0 N–H and O–H groups in total. The monoisotopic (exact) mass is 311 g/mol. The van der Waals surface area contributed by atoms with Crippen LogP contribution < -0.4 is 0 Å².